The van der Waals surface area contributed by atoms with Gasteiger partial charge in [0.05, 0.1) is 12.5 Å². The van der Waals surface area contributed by atoms with Crippen LogP contribution in [0.5, 0.6) is 0 Å². The second-order valence-corrected chi connectivity index (χ2v) is 6.10. The molecular weight excluding hydrogens is 264 g/mol. The number of carbonyl (C=O) groups excluding carboxylic acids is 1. The second kappa shape index (κ2) is 6.79. The molecule has 1 rings (SSSR count). The van der Waals surface area contributed by atoms with E-state index in [2.05, 4.69) is 5.32 Å². The molecule has 3 nitrogen and oxygen atoms in total. The first-order chi connectivity index (χ1) is 9.19. The summed E-state index contributed by atoms with van der Waals surface area (Å²) < 4.78 is 26.7. The van der Waals surface area contributed by atoms with Gasteiger partial charge in [0.2, 0.25) is 5.91 Å². The van der Waals surface area contributed by atoms with Gasteiger partial charge in [0.25, 0.3) is 0 Å². The van der Waals surface area contributed by atoms with Crippen LogP contribution in [0.2, 0.25) is 0 Å². The molecule has 112 valence electrons. The van der Waals surface area contributed by atoms with Gasteiger partial charge in [-0.15, -0.1) is 0 Å². The van der Waals surface area contributed by atoms with Crippen molar-refractivity contribution < 1.29 is 18.7 Å². The number of aliphatic hydroxyl groups is 1. The van der Waals surface area contributed by atoms with Gasteiger partial charge in [-0.2, -0.15) is 0 Å². The van der Waals surface area contributed by atoms with E-state index in [9.17, 15) is 18.7 Å². The van der Waals surface area contributed by atoms with Crippen LogP contribution in [0.4, 0.5) is 8.78 Å². The maximum absolute atomic E-state index is 13.4. The zero-order valence-corrected chi connectivity index (χ0v) is 12.0. The van der Waals surface area contributed by atoms with E-state index in [0.29, 0.717) is 6.42 Å². The topological polar surface area (TPSA) is 49.3 Å². The zero-order chi connectivity index (χ0) is 15.3. The standard InChI is InChI=1S/C15H21F2NO2/c1-15(2,3)8-10(19)9-18-14(20)7-11-12(16)5-4-6-13(11)17/h4-6,10,19H,7-9H2,1-3H3,(H,18,20). The van der Waals surface area contributed by atoms with Crippen molar-refractivity contribution in [1.29, 1.82) is 0 Å². The summed E-state index contributed by atoms with van der Waals surface area (Å²) >= 11 is 0. The highest BCUT2D eigenvalue weighted by molar-refractivity contribution is 5.78. The van der Waals surface area contributed by atoms with Crippen LogP contribution in [0.1, 0.15) is 32.8 Å². The third-order valence-corrected chi connectivity index (χ3v) is 2.78. The minimum Gasteiger partial charge on any atom is -0.391 e. The molecule has 2 N–H and O–H groups in total. The predicted octanol–water partition coefficient (Wildman–Crippen LogP) is 2.42. The Bertz CT molecular complexity index is 449. The number of hydrogen-bond donors (Lipinski definition) is 2. The zero-order valence-electron chi connectivity index (χ0n) is 12.0. The van der Waals surface area contributed by atoms with Crippen molar-refractivity contribution in [3.8, 4) is 0 Å². The highest BCUT2D eigenvalue weighted by Crippen LogP contribution is 2.20. The maximum atomic E-state index is 13.4. The molecule has 0 radical (unpaired) electrons. The van der Waals surface area contributed by atoms with Crippen molar-refractivity contribution in [2.24, 2.45) is 5.41 Å². The van der Waals surface area contributed by atoms with E-state index in [0.717, 1.165) is 12.1 Å². The van der Waals surface area contributed by atoms with E-state index < -0.39 is 23.6 Å². The lowest BCUT2D eigenvalue weighted by molar-refractivity contribution is -0.121. The number of amides is 1. The molecule has 0 aromatic heterocycles. The van der Waals surface area contributed by atoms with E-state index in [4.69, 9.17) is 0 Å². The molecule has 0 spiro atoms. The Morgan fingerprint density at radius 3 is 2.35 bits per heavy atom. The summed E-state index contributed by atoms with van der Waals surface area (Å²) in [4.78, 5) is 11.6. The molecule has 0 heterocycles. The maximum Gasteiger partial charge on any atom is 0.224 e. The monoisotopic (exact) mass is 285 g/mol. The molecule has 1 atom stereocenters. The molecule has 0 aliphatic heterocycles. The number of nitrogens with one attached hydrogen (secondary N) is 1. The Morgan fingerprint density at radius 1 is 1.30 bits per heavy atom. The second-order valence-electron chi connectivity index (χ2n) is 6.10. The molecule has 5 heteroatoms. The van der Waals surface area contributed by atoms with Crippen molar-refractivity contribution in [3.05, 3.63) is 35.4 Å². The van der Waals surface area contributed by atoms with Crippen LogP contribution < -0.4 is 5.32 Å². The van der Waals surface area contributed by atoms with Crippen molar-refractivity contribution in [2.45, 2.75) is 39.7 Å². The van der Waals surface area contributed by atoms with E-state index in [1.54, 1.807) is 0 Å². The predicted molar refractivity (Wildman–Crippen MR) is 73.2 cm³/mol. The quantitative estimate of drug-likeness (QED) is 0.873. The highest BCUT2D eigenvalue weighted by atomic mass is 19.1. The summed E-state index contributed by atoms with van der Waals surface area (Å²) in [6.07, 6.45) is -0.522. The molecule has 0 saturated carbocycles. The average molecular weight is 285 g/mol. The molecule has 1 aromatic carbocycles. The van der Waals surface area contributed by atoms with Crippen LogP contribution in [0, 0.1) is 17.0 Å². The fourth-order valence-electron chi connectivity index (χ4n) is 1.93. The lowest BCUT2D eigenvalue weighted by atomic mass is 9.89. The first kappa shape index (κ1) is 16.6. The van der Waals surface area contributed by atoms with Crippen molar-refractivity contribution in [1.82, 2.24) is 5.32 Å². The molecule has 1 amide bonds. The summed E-state index contributed by atoms with van der Waals surface area (Å²) in [5.74, 6) is -1.99. The molecule has 0 fully saturated rings. The van der Waals surface area contributed by atoms with Gasteiger partial charge in [0, 0.05) is 12.1 Å². The van der Waals surface area contributed by atoms with Crippen molar-refractivity contribution in [2.75, 3.05) is 6.54 Å². The first-order valence-electron chi connectivity index (χ1n) is 6.57. The van der Waals surface area contributed by atoms with Gasteiger partial charge in [0.15, 0.2) is 0 Å². The first-order valence-corrected chi connectivity index (χ1v) is 6.57. The summed E-state index contributed by atoms with van der Waals surface area (Å²) in [5, 5.41) is 12.2. The van der Waals surface area contributed by atoms with Crippen LogP contribution in [0.15, 0.2) is 18.2 Å². The van der Waals surface area contributed by atoms with Crippen molar-refractivity contribution >= 4 is 5.91 Å². The van der Waals surface area contributed by atoms with Gasteiger partial charge in [-0.25, -0.2) is 8.78 Å². The Morgan fingerprint density at radius 2 is 1.85 bits per heavy atom. The van der Waals surface area contributed by atoms with Gasteiger partial charge in [-0.3, -0.25) is 4.79 Å². The number of carbonyl (C=O) groups is 1. The fourth-order valence-corrected chi connectivity index (χ4v) is 1.93. The SMILES string of the molecule is CC(C)(C)CC(O)CNC(=O)Cc1c(F)cccc1F. The number of benzene rings is 1. The minimum absolute atomic E-state index is 0.0538. The Hall–Kier alpha value is -1.49. The number of rotatable bonds is 5. The summed E-state index contributed by atoms with van der Waals surface area (Å²) in [7, 11) is 0. The van der Waals surface area contributed by atoms with Crippen LogP contribution in [-0.2, 0) is 11.2 Å². The number of aliphatic hydroxyl groups excluding tert-OH is 1. The number of hydrogen-bond acceptors (Lipinski definition) is 2. The Kier molecular flexibility index (Phi) is 5.62. The van der Waals surface area contributed by atoms with E-state index in [-0.39, 0.29) is 23.9 Å². The average Bonchev–Trinajstić information content (AvgIpc) is 2.29. The van der Waals surface area contributed by atoms with Gasteiger partial charge in [-0.05, 0) is 24.0 Å². The van der Waals surface area contributed by atoms with Gasteiger partial charge >= 0.3 is 0 Å². The Labute approximate surface area is 118 Å². The van der Waals surface area contributed by atoms with Gasteiger partial charge in [0.1, 0.15) is 11.6 Å². The lowest BCUT2D eigenvalue weighted by Gasteiger charge is -2.22. The lowest BCUT2D eigenvalue weighted by Crippen LogP contribution is -2.35. The molecule has 0 saturated heterocycles. The smallest absolute Gasteiger partial charge is 0.224 e. The van der Waals surface area contributed by atoms with Crippen molar-refractivity contribution in [3.63, 3.8) is 0 Å². The van der Waals surface area contributed by atoms with Crippen LogP contribution in [0.3, 0.4) is 0 Å². The third kappa shape index (κ3) is 5.65. The van der Waals surface area contributed by atoms with Gasteiger partial charge in [-0.1, -0.05) is 26.8 Å². The number of halogens is 2. The summed E-state index contributed by atoms with van der Waals surface area (Å²) in [6.45, 7) is 6.01. The summed E-state index contributed by atoms with van der Waals surface area (Å²) in [6, 6.07) is 3.47. The molecule has 1 unspecified atom stereocenters. The minimum atomic E-state index is -0.740. The molecule has 0 aliphatic rings. The van der Waals surface area contributed by atoms with E-state index in [1.165, 1.54) is 6.07 Å². The van der Waals surface area contributed by atoms with Gasteiger partial charge < -0.3 is 10.4 Å². The van der Waals surface area contributed by atoms with Crippen LogP contribution in [0.25, 0.3) is 0 Å². The molecule has 20 heavy (non-hydrogen) atoms. The van der Waals surface area contributed by atoms with E-state index >= 15 is 0 Å². The molecule has 0 aliphatic carbocycles. The molecule has 0 bridgehead atoms. The summed E-state index contributed by atoms with van der Waals surface area (Å²) in [5.41, 5.74) is -0.308. The third-order valence-electron chi connectivity index (χ3n) is 2.78. The Balaban J connectivity index is 2.49. The fraction of sp³-hybridized carbons (Fsp3) is 0.533. The highest BCUT2D eigenvalue weighted by Gasteiger charge is 2.18. The van der Waals surface area contributed by atoms with Crippen LogP contribution >= 0.6 is 0 Å². The van der Waals surface area contributed by atoms with E-state index in [1.807, 2.05) is 20.8 Å². The molecular formula is C15H21F2NO2. The largest absolute Gasteiger partial charge is 0.391 e. The normalized spacial score (nSPS) is 13.1. The molecule has 1 aromatic rings. The van der Waals surface area contributed by atoms with Crippen LogP contribution in [-0.4, -0.2) is 23.7 Å².